The largest absolute Gasteiger partial charge is 0.457 e. The van der Waals surface area contributed by atoms with Crippen LogP contribution in [0.2, 0.25) is 10.0 Å². The Labute approximate surface area is 163 Å². The van der Waals surface area contributed by atoms with Crippen molar-refractivity contribution >= 4 is 35.1 Å². The quantitative estimate of drug-likeness (QED) is 0.385. The maximum Gasteiger partial charge on any atom is 0.127 e. The average Bonchev–Trinajstić information content (AvgIpc) is 2.63. The Balaban J connectivity index is 1.61. The molecular formula is C21H18Cl2N2O. The van der Waals surface area contributed by atoms with Crippen molar-refractivity contribution in [2.45, 2.75) is 13.8 Å². The number of hydrazone groups is 1. The van der Waals surface area contributed by atoms with Gasteiger partial charge < -0.3 is 4.74 Å². The topological polar surface area (TPSA) is 33.6 Å². The van der Waals surface area contributed by atoms with Gasteiger partial charge in [0.25, 0.3) is 0 Å². The maximum atomic E-state index is 5.97. The summed E-state index contributed by atoms with van der Waals surface area (Å²) in [5.74, 6) is 1.61. The molecule has 0 atom stereocenters. The zero-order valence-corrected chi connectivity index (χ0v) is 16.0. The SMILES string of the molecule is Cc1ccc(Oc2ccc(C=NNc3ccc(Cl)c(Cl)c3)cc2)cc1C. The first-order valence-electron chi connectivity index (χ1n) is 8.10. The molecule has 0 unspecified atom stereocenters. The molecule has 0 aliphatic rings. The van der Waals surface area contributed by atoms with Crippen LogP contribution in [0.15, 0.2) is 65.8 Å². The van der Waals surface area contributed by atoms with Gasteiger partial charge in [-0.2, -0.15) is 5.10 Å². The van der Waals surface area contributed by atoms with Crippen molar-refractivity contribution < 1.29 is 4.74 Å². The number of ether oxygens (including phenoxy) is 1. The number of hydrogen-bond acceptors (Lipinski definition) is 3. The summed E-state index contributed by atoms with van der Waals surface area (Å²) in [6.45, 7) is 4.15. The Bertz CT molecular complexity index is 937. The minimum Gasteiger partial charge on any atom is -0.457 e. The van der Waals surface area contributed by atoms with Crippen molar-refractivity contribution in [2.75, 3.05) is 5.43 Å². The van der Waals surface area contributed by atoms with Crippen molar-refractivity contribution in [2.24, 2.45) is 5.10 Å². The third-order valence-electron chi connectivity index (χ3n) is 3.92. The summed E-state index contributed by atoms with van der Waals surface area (Å²) in [6, 6.07) is 19.0. The molecule has 0 aliphatic heterocycles. The molecule has 3 aromatic rings. The first-order valence-corrected chi connectivity index (χ1v) is 8.86. The summed E-state index contributed by atoms with van der Waals surface area (Å²) in [6.07, 6.45) is 1.72. The minimum absolute atomic E-state index is 0.486. The van der Waals surface area contributed by atoms with Crippen LogP contribution in [0.5, 0.6) is 11.5 Å². The van der Waals surface area contributed by atoms with Crippen LogP contribution >= 0.6 is 23.2 Å². The smallest absolute Gasteiger partial charge is 0.127 e. The van der Waals surface area contributed by atoms with Crippen molar-refractivity contribution in [3.63, 3.8) is 0 Å². The van der Waals surface area contributed by atoms with E-state index in [0.29, 0.717) is 10.0 Å². The zero-order valence-electron chi connectivity index (χ0n) is 14.5. The number of aryl methyl sites for hydroxylation is 2. The van der Waals surface area contributed by atoms with Gasteiger partial charge in [-0.05, 0) is 85.1 Å². The van der Waals surface area contributed by atoms with Gasteiger partial charge >= 0.3 is 0 Å². The number of rotatable bonds is 5. The summed E-state index contributed by atoms with van der Waals surface area (Å²) in [7, 11) is 0. The lowest BCUT2D eigenvalue weighted by Gasteiger charge is -2.08. The molecule has 0 bridgehead atoms. The van der Waals surface area contributed by atoms with E-state index in [1.807, 2.05) is 42.5 Å². The molecule has 132 valence electrons. The normalized spacial score (nSPS) is 10.9. The first-order chi connectivity index (χ1) is 12.5. The lowest BCUT2D eigenvalue weighted by Crippen LogP contribution is -1.91. The highest BCUT2D eigenvalue weighted by atomic mass is 35.5. The third-order valence-corrected chi connectivity index (χ3v) is 4.66. The number of benzene rings is 3. The summed E-state index contributed by atoms with van der Waals surface area (Å²) >= 11 is 11.9. The zero-order chi connectivity index (χ0) is 18.5. The lowest BCUT2D eigenvalue weighted by atomic mass is 10.1. The van der Waals surface area contributed by atoms with Crippen LogP contribution in [0.3, 0.4) is 0 Å². The number of anilines is 1. The van der Waals surface area contributed by atoms with Gasteiger partial charge in [0, 0.05) is 0 Å². The molecule has 0 aliphatic carbocycles. The van der Waals surface area contributed by atoms with Gasteiger partial charge in [-0.25, -0.2) is 0 Å². The predicted octanol–water partition coefficient (Wildman–Crippen LogP) is 6.85. The van der Waals surface area contributed by atoms with Crippen LogP contribution in [0.25, 0.3) is 0 Å². The number of hydrogen-bond donors (Lipinski definition) is 1. The van der Waals surface area contributed by atoms with E-state index in [4.69, 9.17) is 27.9 Å². The van der Waals surface area contributed by atoms with Crippen molar-refractivity contribution in [3.8, 4) is 11.5 Å². The third kappa shape index (κ3) is 4.78. The summed E-state index contributed by atoms with van der Waals surface area (Å²) in [5, 5.41) is 5.20. The molecule has 0 heterocycles. The molecule has 3 nitrogen and oxygen atoms in total. The van der Waals surface area contributed by atoms with Crippen LogP contribution < -0.4 is 10.2 Å². The second-order valence-corrected chi connectivity index (χ2v) is 6.73. The van der Waals surface area contributed by atoms with E-state index in [0.717, 1.165) is 22.7 Å². The van der Waals surface area contributed by atoms with Gasteiger partial charge in [0.05, 0.1) is 21.9 Å². The maximum absolute atomic E-state index is 5.97. The van der Waals surface area contributed by atoms with Gasteiger partial charge in [-0.3, -0.25) is 5.43 Å². The Morgan fingerprint density at radius 1 is 0.808 bits per heavy atom. The molecular weight excluding hydrogens is 367 g/mol. The Kier molecular flexibility index (Phi) is 5.82. The minimum atomic E-state index is 0.486. The van der Waals surface area contributed by atoms with E-state index < -0.39 is 0 Å². The van der Waals surface area contributed by atoms with Crippen LogP contribution in [0.1, 0.15) is 16.7 Å². The molecule has 26 heavy (non-hydrogen) atoms. The average molecular weight is 385 g/mol. The highest BCUT2D eigenvalue weighted by Gasteiger charge is 2.00. The van der Waals surface area contributed by atoms with Crippen LogP contribution in [-0.2, 0) is 0 Å². The van der Waals surface area contributed by atoms with E-state index in [1.54, 1.807) is 18.3 Å². The van der Waals surface area contributed by atoms with Crippen LogP contribution in [0.4, 0.5) is 5.69 Å². The predicted molar refractivity (Wildman–Crippen MR) is 110 cm³/mol. The number of halogens is 2. The van der Waals surface area contributed by atoms with Gasteiger partial charge in [0.15, 0.2) is 0 Å². The van der Waals surface area contributed by atoms with Crippen molar-refractivity contribution in [1.82, 2.24) is 0 Å². The number of nitrogens with one attached hydrogen (secondary N) is 1. The fraction of sp³-hybridized carbons (Fsp3) is 0.0952. The molecule has 0 radical (unpaired) electrons. The molecule has 0 spiro atoms. The summed E-state index contributed by atoms with van der Waals surface area (Å²) in [4.78, 5) is 0. The monoisotopic (exact) mass is 384 g/mol. The standard InChI is InChI=1S/C21H18Cl2N2O/c1-14-3-7-19(11-15(14)2)26-18-8-4-16(5-9-18)13-24-25-17-6-10-20(22)21(23)12-17/h3-13,25H,1-2H3. The van der Waals surface area contributed by atoms with E-state index in [9.17, 15) is 0 Å². The van der Waals surface area contributed by atoms with Crippen molar-refractivity contribution in [1.29, 1.82) is 0 Å². The molecule has 0 saturated heterocycles. The van der Waals surface area contributed by atoms with E-state index in [-0.39, 0.29) is 0 Å². The van der Waals surface area contributed by atoms with Gasteiger partial charge in [-0.1, -0.05) is 29.3 Å². The first kappa shape index (κ1) is 18.3. The summed E-state index contributed by atoms with van der Waals surface area (Å²) in [5.41, 5.74) is 7.10. The molecule has 3 aromatic carbocycles. The molecule has 0 saturated carbocycles. The Morgan fingerprint density at radius 2 is 1.54 bits per heavy atom. The fourth-order valence-electron chi connectivity index (χ4n) is 2.28. The Hall–Kier alpha value is -2.49. The lowest BCUT2D eigenvalue weighted by molar-refractivity contribution is 0.482. The van der Waals surface area contributed by atoms with E-state index in [2.05, 4.69) is 30.4 Å². The van der Waals surface area contributed by atoms with Crippen LogP contribution in [0, 0.1) is 13.8 Å². The van der Waals surface area contributed by atoms with Gasteiger partial charge in [0.2, 0.25) is 0 Å². The second kappa shape index (κ2) is 8.26. The summed E-state index contributed by atoms with van der Waals surface area (Å²) < 4.78 is 5.88. The molecule has 0 amide bonds. The molecule has 1 N–H and O–H groups in total. The number of nitrogens with zero attached hydrogens (tertiary/aromatic N) is 1. The Morgan fingerprint density at radius 3 is 2.23 bits per heavy atom. The highest BCUT2D eigenvalue weighted by Crippen LogP contribution is 2.25. The van der Waals surface area contributed by atoms with Crippen LogP contribution in [-0.4, -0.2) is 6.21 Å². The van der Waals surface area contributed by atoms with E-state index in [1.165, 1.54) is 11.1 Å². The fourth-order valence-corrected chi connectivity index (χ4v) is 2.58. The molecule has 5 heteroatoms. The van der Waals surface area contributed by atoms with Crippen molar-refractivity contribution in [3.05, 3.63) is 87.4 Å². The molecule has 0 aromatic heterocycles. The molecule has 0 fully saturated rings. The molecule has 3 rings (SSSR count). The highest BCUT2D eigenvalue weighted by molar-refractivity contribution is 6.42. The van der Waals surface area contributed by atoms with E-state index >= 15 is 0 Å². The van der Waals surface area contributed by atoms with Gasteiger partial charge in [-0.15, -0.1) is 0 Å². The second-order valence-electron chi connectivity index (χ2n) is 5.92. The van der Waals surface area contributed by atoms with Gasteiger partial charge in [0.1, 0.15) is 11.5 Å².